The Morgan fingerprint density at radius 3 is 2.86 bits per heavy atom. The fourth-order valence-corrected chi connectivity index (χ4v) is 2.16. The highest BCUT2D eigenvalue weighted by Gasteiger charge is 2.32. The van der Waals surface area contributed by atoms with Gasteiger partial charge in [-0.1, -0.05) is 24.0 Å². The van der Waals surface area contributed by atoms with Crippen LogP contribution >= 0.6 is 0 Å². The highest BCUT2D eigenvalue weighted by molar-refractivity contribution is 5.99. The first-order chi connectivity index (χ1) is 10.1. The van der Waals surface area contributed by atoms with Gasteiger partial charge >= 0.3 is 0 Å². The first kappa shape index (κ1) is 15.0. The third-order valence-electron chi connectivity index (χ3n) is 3.20. The lowest BCUT2D eigenvalue weighted by Crippen LogP contribution is -2.54. The van der Waals surface area contributed by atoms with Crippen molar-refractivity contribution in [3.8, 4) is 11.8 Å². The number of amides is 2. The third kappa shape index (κ3) is 3.40. The predicted molar refractivity (Wildman–Crippen MR) is 77.2 cm³/mol. The Hall–Kier alpha value is -2.36. The maximum absolute atomic E-state index is 12.7. The van der Waals surface area contributed by atoms with Gasteiger partial charge in [0.25, 0.3) is 5.91 Å². The van der Waals surface area contributed by atoms with Crippen molar-refractivity contribution in [1.82, 2.24) is 4.90 Å². The summed E-state index contributed by atoms with van der Waals surface area (Å²) < 4.78 is 5.22. The van der Waals surface area contributed by atoms with Crippen molar-refractivity contribution in [2.45, 2.75) is 6.04 Å². The van der Waals surface area contributed by atoms with Crippen molar-refractivity contribution in [2.75, 3.05) is 26.3 Å². The topological polar surface area (TPSA) is 98.7 Å². The monoisotopic (exact) mass is 287 g/mol. The highest BCUT2D eigenvalue weighted by atomic mass is 16.5. The Kier molecular flexibility index (Phi) is 4.93. The van der Waals surface area contributed by atoms with E-state index in [1.54, 1.807) is 24.3 Å². The summed E-state index contributed by atoms with van der Waals surface area (Å²) in [5.41, 5.74) is 11.7. The first-order valence-electron chi connectivity index (χ1n) is 6.61. The van der Waals surface area contributed by atoms with Crippen LogP contribution in [0.4, 0.5) is 0 Å². The second kappa shape index (κ2) is 6.88. The van der Waals surface area contributed by atoms with Gasteiger partial charge in [-0.15, -0.1) is 0 Å². The minimum atomic E-state index is -0.748. The van der Waals surface area contributed by atoms with E-state index in [1.165, 1.54) is 4.90 Å². The van der Waals surface area contributed by atoms with Gasteiger partial charge in [0, 0.05) is 12.1 Å². The molecule has 1 atom stereocenters. The quantitative estimate of drug-likeness (QED) is 0.704. The molecule has 0 aliphatic carbocycles. The summed E-state index contributed by atoms with van der Waals surface area (Å²) >= 11 is 0. The van der Waals surface area contributed by atoms with Crippen LogP contribution in [0.1, 0.15) is 15.9 Å². The van der Waals surface area contributed by atoms with Crippen molar-refractivity contribution in [3.63, 3.8) is 0 Å². The minimum Gasteiger partial charge on any atom is -0.377 e. The van der Waals surface area contributed by atoms with Crippen LogP contribution in [0.2, 0.25) is 0 Å². The van der Waals surface area contributed by atoms with E-state index in [9.17, 15) is 9.59 Å². The number of benzene rings is 1. The van der Waals surface area contributed by atoms with Gasteiger partial charge in [0.15, 0.2) is 0 Å². The molecule has 0 bridgehead atoms. The number of morpholine rings is 1. The van der Waals surface area contributed by atoms with E-state index >= 15 is 0 Å². The summed E-state index contributed by atoms with van der Waals surface area (Å²) in [7, 11) is 0. The molecular weight excluding hydrogens is 270 g/mol. The number of carbonyl (C=O) groups excluding carboxylic acids is 2. The Balaban J connectivity index is 2.32. The molecule has 1 aliphatic heterocycles. The van der Waals surface area contributed by atoms with E-state index in [0.29, 0.717) is 24.3 Å². The van der Waals surface area contributed by atoms with Gasteiger partial charge in [0.1, 0.15) is 6.04 Å². The molecule has 4 N–H and O–H groups in total. The maximum Gasteiger partial charge on any atom is 0.255 e. The summed E-state index contributed by atoms with van der Waals surface area (Å²) in [6.07, 6.45) is 0. The molecule has 6 heteroatoms. The van der Waals surface area contributed by atoms with Gasteiger partial charge < -0.3 is 21.1 Å². The normalized spacial score (nSPS) is 17.8. The Morgan fingerprint density at radius 2 is 2.14 bits per heavy atom. The van der Waals surface area contributed by atoms with Gasteiger partial charge in [-0.3, -0.25) is 9.59 Å². The van der Waals surface area contributed by atoms with E-state index in [0.717, 1.165) is 0 Å². The summed E-state index contributed by atoms with van der Waals surface area (Å²) in [5, 5.41) is 0. The maximum atomic E-state index is 12.7. The molecule has 1 aliphatic rings. The van der Waals surface area contributed by atoms with E-state index in [-0.39, 0.29) is 19.1 Å². The summed E-state index contributed by atoms with van der Waals surface area (Å²) in [5.74, 6) is 4.75. The molecule has 0 spiro atoms. The van der Waals surface area contributed by atoms with Crippen molar-refractivity contribution < 1.29 is 14.3 Å². The van der Waals surface area contributed by atoms with Gasteiger partial charge in [-0.2, -0.15) is 0 Å². The predicted octanol–water partition coefficient (Wildman–Crippen LogP) is -0.677. The molecule has 1 fully saturated rings. The van der Waals surface area contributed by atoms with E-state index < -0.39 is 11.9 Å². The number of hydrogen-bond donors (Lipinski definition) is 2. The molecule has 1 aromatic carbocycles. The number of nitrogens with two attached hydrogens (primary N) is 2. The van der Waals surface area contributed by atoms with Crippen molar-refractivity contribution in [2.24, 2.45) is 11.5 Å². The van der Waals surface area contributed by atoms with Gasteiger partial charge in [-0.05, 0) is 12.1 Å². The molecular formula is C15H17N3O3. The largest absolute Gasteiger partial charge is 0.377 e. The Bertz CT molecular complexity index is 604. The zero-order chi connectivity index (χ0) is 15.2. The van der Waals surface area contributed by atoms with Crippen LogP contribution in [-0.4, -0.2) is 49.1 Å². The van der Waals surface area contributed by atoms with E-state index in [4.69, 9.17) is 16.2 Å². The molecule has 1 heterocycles. The molecule has 1 aromatic rings. The number of hydrogen-bond acceptors (Lipinski definition) is 4. The fourth-order valence-electron chi connectivity index (χ4n) is 2.16. The summed E-state index contributed by atoms with van der Waals surface area (Å²) in [6, 6.07) is 6.22. The molecule has 1 unspecified atom stereocenters. The zero-order valence-electron chi connectivity index (χ0n) is 11.5. The zero-order valence-corrected chi connectivity index (χ0v) is 11.5. The third-order valence-corrected chi connectivity index (χ3v) is 3.20. The van der Waals surface area contributed by atoms with Gasteiger partial charge in [0.05, 0.1) is 25.3 Å². The molecule has 0 saturated carbocycles. The van der Waals surface area contributed by atoms with Crippen LogP contribution < -0.4 is 11.5 Å². The van der Waals surface area contributed by atoms with E-state index in [2.05, 4.69) is 11.8 Å². The lowest BCUT2D eigenvalue weighted by Gasteiger charge is -2.33. The van der Waals surface area contributed by atoms with Gasteiger partial charge in [-0.25, -0.2) is 0 Å². The average molecular weight is 287 g/mol. The lowest BCUT2D eigenvalue weighted by atomic mass is 10.0. The van der Waals surface area contributed by atoms with Crippen LogP contribution in [0.5, 0.6) is 0 Å². The molecule has 6 nitrogen and oxygen atoms in total. The van der Waals surface area contributed by atoms with Crippen LogP contribution in [-0.2, 0) is 9.53 Å². The van der Waals surface area contributed by atoms with Crippen LogP contribution in [0.25, 0.3) is 0 Å². The Morgan fingerprint density at radius 1 is 1.38 bits per heavy atom. The smallest absolute Gasteiger partial charge is 0.255 e. The molecule has 1 saturated heterocycles. The number of carbonyl (C=O) groups is 2. The van der Waals surface area contributed by atoms with Crippen LogP contribution in [0, 0.1) is 11.8 Å². The number of nitrogens with zero attached hydrogens (tertiary/aromatic N) is 1. The molecule has 21 heavy (non-hydrogen) atoms. The van der Waals surface area contributed by atoms with Crippen LogP contribution in [0.15, 0.2) is 24.3 Å². The molecule has 110 valence electrons. The second-order valence-electron chi connectivity index (χ2n) is 4.54. The number of rotatable bonds is 2. The van der Waals surface area contributed by atoms with Crippen LogP contribution in [0.3, 0.4) is 0 Å². The molecule has 2 rings (SSSR count). The SMILES string of the molecule is NCC#Cc1ccccc1C(=O)N1CCOCC1C(N)=O. The first-order valence-corrected chi connectivity index (χ1v) is 6.61. The van der Waals surface area contributed by atoms with Crippen molar-refractivity contribution in [3.05, 3.63) is 35.4 Å². The lowest BCUT2D eigenvalue weighted by molar-refractivity contribution is -0.127. The second-order valence-corrected chi connectivity index (χ2v) is 4.54. The van der Waals surface area contributed by atoms with Crippen molar-refractivity contribution in [1.29, 1.82) is 0 Å². The Labute approximate surface area is 123 Å². The molecule has 0 aromatic heterocycles. The highest BCUT2D eigenvalue weighted by Crippen LogP contribution is 2.15. The number of ether oxygens (including phenoxy) is 1. The number of primary amides is 1. The van der Waals surface area contributed by atoms with E-state index in [1.807, 2.05) is 0 Å². The summed E-state index contributed by atoms with van der Waals surface area (Å²) in [4.78, 5) is 25.6. The molecule has 0 radical (unpaired) electrons. The standard InChI is InChI=1S/C15H17N3O3/c16-7-3-5-11-4-1-2-6-12(11)15(20)18-8-9-21-10-13(18)14(17)19/h1-2,4,6,13H,7-10,16H2,(H2,17,19). The fraction of sp³-hybridized carbons (Fsp3) is 0.333. The van der Waals surface area contributed by atoms with Gasteiger partial charge in [0.2, 0.25) is 5.91 Å². The molecule has 2 amide bonds. The minimum absolute atomic E-state index is 0.123. The average Bonchev–Trinajstić information content (AvgIpc) is 2.52. The summed E-state index contributed by atoms with van der Waals surface area (Å²) in [6.45, 7) is 1.04. The van der Waals surface area contributed by atoms with Crippen molar-refractivity contribution >= 4 is 11.8 Å².